The molecule has 1 aliphatic rings. The van der Waals surface area contributed by atoms with Crippen LogP contribution in [-0.4, -0.2) is 32.5 Å². The van der Waals surface area contributed by atoms with Gasteiger partial charge in [-0.05, 0) is 31.5 Å². The summed E-state index contributed by atoms with van der Waals surface area (Å²) in [5.74, 6) is -0.852. The van der Waals surface area contributed by atoms with Crippen molar-refractivity contribution >= 4 is 15.7 Å². The van der Waals surface area contributed by atoms with Gasteiger partial charge in [-0.1, -0.05) is 0 Å². The first-order valence-electron chi connectivity index (χ1n) is 6.07. The second-order valence-corrected chi connectivity index (χ2v) is 6.22. The molecule has 7 nitrogen and oxygen atoms in total. The summed E-state index contributed by atoms with van der Waals surface area (Å²) in [7, 11) is -4.05. The van der Waals surface area contributed by atoms with Gasteiger partial charge in [0.2, 0.25) is 10.0 Å². The maximum absolute atomic E-state index is 13.0. The number of rotatable bonds is 4. The van der Waals surface area contributed by atoms with E-state index in [4.69, 9.17) is 0 Å². The molecule has 9 heteroatoms. The van der Waals surface area contributed by atoms with Crippen molar-refractivity contribution in [3.8, 4) is 0 Å². The van der Waals surface area contributed by atoms with E-state index in [-0.39, 0.29) is 6.04 Å². The molecule has 110 valence electrons. The van der Waals surface area contributed by atoms with Crippen molar-refractivity contribution < 1.29 is 17.7 Å². The first-order valence-corrected chi connectivity index (χ1v) is 7.55. The molecule has 0 spiro atoms. The highest BCUT2D eigenvalue weighted by Crippen LogP contribution is 2.24. The van der Waals surface area contributed by atoms with E-state index in [2.05, 4.69) is 10.0 Å². The highest BCUT2D eigenvalue weighted by Gasteiger charge is 2.29. The van der Waals surface area contributed by atoms with E-state index in [1.165, 1.54) is 0 Å². The third kappa shape index (κ3) is 3.30. The fraction of sp³-hybridized carbons (Fsp3) is 0.455. The largest absolute Gasteiger partial charge is 0.315 e. The van der Waals surface area contributed by atoms with Gasteiger partial charge in [0, 0.05) is 12.6 Å². The van der Waals surface area contributed by atoms with Crippen LogP contribution < -0.4 is 10.0 Å². The molecule has 0 radical (unpaired) electrons. The lowest BCUT2D eigenvalue weighted by Gasteiger charge is -2.23. The number of nitro benzene ring substituents is 1. The number of sulfonamides is 1. The molecule has 1 aromatic carbocycles. The second-order valence-electron chi connectivity index (χ2n) is 4.53. The highest BCUT2D eigenvalue weighted by molar-refractivity contribution is 7.89. The summed E-state index contributed by atoms with van der Waals surface area (Å²) in [6.07, 6.45) is 1.47. The topological polar surface area (TPSA) is 101 Å². The number of nitro groups is 1. The van der Waals surface area contributed by atoms with Gasteiger partial charge < -0.3 is 5.32 Å². The fourth-order valence-corrected chi connectivity index (χ4v) is 3.52. The van der Waals surface area contributed by atoms with E-state index in [1.807, 2.05) is 0 Å². The van der Waals surface area contributed by atoms with Gasteiger partial charge in [-0.3, -0.25) is 10.1 Å². The van der Waals surface area contributed by atoms with Crippen LogP contribution >= 0.6 is 0 Å². The molecular formula is C11H14FN3O4S. The Bertz CT molecular complexity index is 614. The molecule has 0 saturated carbocycles. The van der Waals surface area contributed by atoms with Gasteiger partial charge in [-0.15, -0.1) is 0 Å². The van der Waals surface area contributed by atoms with E-state index >= 15 is 0 Å². The van der Waals surface area contributed by atoms with Gasteiger partial charge in [0.05, 0.1) is 11.0 Å². The zero-order valence-corrected chi connectivity index (χ0v) is 11.3. The Morgan fingerprint density at radius 2 is 2.20 bits per heavy atom. The third-order valence-corrected chi connectivity index (χ3v) is 4.59. The minimum atomic E-state index is -4.05. The molecule has 2 rings (SSSR count). The SMILES string of the molecule is O=[N+]([O-])c1cc(F)ccc1S(=O)(=O)N[C@@H]1CCCNC1. The molecule has 2 N–H and O–H groups in total. The lowest BCUT2D eigenvalue weighted by atomic mass is 10.1. The standard InChI is InChI=1S/C11H14FN3O4S/c12-8-3-4-11(10(6-8)15(16)17)20(18,19)14-9-2-1-5-13-7-9/h3-4,6,9,13-14H,1-2,5,7H2/t9-/m1/s1. The second kappa shape index (κ2) is 5.81. The number of piperidine rings is 1. The van der Waals surface area contributed by atoms with Crippen LogP contribution in [0.3, 0.4) is 0 Å². The fourth-order valence-electron chi connectivity index (χ4n) is 2.10. The predicted octanol–water partition coefficient (Wildman–Crippen LogP) is 0.764. The van der Waals surface area contributed by atoms with Crippen LogP contribution in [0.2, 0.25) is 0 Å². The van der Waals surface area contributed by atoms with Crippen molar-refractivity contribution in [2.75, 3.05) is 13.1 Å². The molecule has 0 unspecified atom stereocenters. The maximum Gasteiger partial charge on any atom is 0.292 e. The monoisotopic (exact) mass is 303 g/mol. The summed E-state index contributed by atoms with van der Waals surface area (Å²) < 4.78 is 39.8. The van der Waals surface area contributed by atoms with Crippen molar-refractivity contribution in [1.82, 2.24) is 10.0 Å². The molecule has 1 saturated heterocycles. The van der Waals surface area contributed by atoms with E-state index in [0.29, 0.717) is 19.0 Å². The van der Waals surface area contributed by atoms with Gasteiger partial charge in [-0.2, -0.15) is 0 Å². The number of hydrogen-bond donors (Lipinski definition) is 2. The zero-order valence-electron chi connectivity index (χ0n) is 10.5. The molecule has 1 atom stereocenters. The van der Waals surface area contributed by atoms with Gasteiger partial charge >= 0.3 is 0 Å². The molecular weight excluding hydrogens is 289 g/mol. The highest BCUT2D eigenvalue weighted by atomic mass is 32.2. The van der Waals surface area contributed by atoms with Gasteiger partial charge in [0.25, 0.3) is 5.69 Å². The van der Waals surface area contributed by atoms with Gasteiger partial charge in [0.15, 0.2) is 4.90 Å². The summed E-state index contributed by atoms with van der Waals surface area (Å²) >= 11 is 0. The number of nitrogens with one attached hydrogen (secondary N) is 2. The first kappa shape index (κ1) is 14.8. The van der Waals surface area contributed by atoms with Gasteiger partial charge in [0.1, 0.15) is 5.82 Å². The smallest absolute Gasteiger partial charge is 0.292 e. The van der Waals surface area contributed by atoms with E-state index < -0.39 is 31.3 Å². The lowest BCUT2D eigenvalue weighted by Crippen LogP contribution is -2.45. The molecule has 0 amide bonds. The summed E-state index contributed by atoms with van der Waals surface area (Å²) in [4.78, 5) is 9.42. The van der Waals surface area contributed by atoms with E-state index in [0.717, 1.165) is 25.1 Å². The van der Waals surface area contributed by atoms with Crippen LogP contribution in [0.15, 0.2) is 23.1 Å². The van der Waals surface area contributed by atoms with E-state index in [1.54, 1.807) is 0 Å². The molecule has 20 heavy (non-hydrogen) atoms. The van der Waals surface area contributed by atoms with Crippen LogP contribution in [0.1, 0.15) is 12.8 Å². The minimum absolute atomic E-state index is 0.321. The quantitative estimate of drug-likeness (QED) is 0.632. The Labute approximate surface area is 115 Å². The maximum atomic E-state index is 13.0. The number of benzene rings is 1. The predicted molar refractivity (Wildman–Crippen MR) is 69.3 cm³/mol. The molecule has 0 bridgehead atoms. The van der Waals surface area contributed by atoms with Crippen molar-refractivity contribution in [3.63, 3.8) is 0 Å². The molecule has 0 aliphatic carbocycles. The van der Waals surface area contributed by atoms with Crippen LogP contribution in [0.4, 0.5) is 10.1 Å². The lowest BCUT2D eigenvalue weighted by molar-refractivity contribution is -0.388. The van der Waals surface area contributed by atoms with Crippen molar-refractivity contribution in [2.45, 2.75) is 23.8 Å². The molecule has 0 aromatic heterocycles. The molecule has 1 fully saturated rings. The average Bonchev–Trinajstić information content (AvgIpc) is 2.38. The van der Waals surface area contributed by atoms with Crippen molar-refractivity contribution in [3.05, 3.63) is 34.1 Å². The minimum Gasteiger partial charge on any atom is -0.315 e. The van der Waals surface area contributed by atoms with Crippen LogP contribution in [0, 0.1) is 15.9 Å². The summed E-state index contributed by atoms with van der Waals surface area (Å²) in [5, 5.41) is 13.9. The molecule has 1 aliphatic heterocycles. The van der Waals surface area contributed by atoms with Crippen molar-refractivity contribution in [1.29, 1.82) is 0 Å². The number of halogens is 1. The Morgan fingerprint density at radius 3 is 2.80 bits per heavy atom. The summed E-state index contributed by atoms with van der Waals surface area (Å²) in [6.45, 7) is 1.28. The number of hydrogen-bond acceptors (Lipinski definition) is 5. The Hall–Kier alpha value is -1.58. The summed E-state index contributed by atoms with van der Waals surface area (Å²) in [6, 6.07) is 2.08. The Balaban J connectivity index is 2.31. The van der Waals surface area contributed by atoms with Crippen LogP contribution in [0.25, 0.3) is 0 Å². The third-order valence-electron chi connectivity index (χ3n) is 3.03. The Morgan fingerprint density at radius 1 is 1.45 bits per heavy atom. The molecule has 1 aromatic rings. The zero-order chi connectivity index (χ0) is 14.8. The number of nitrogens with zero attached hydrogens (tertiary/aromatic N) is 1. The van der Waals surface area contributed by atoms with Crippen LogP contribution in [-0.2, 0) is 10.0 Å². The van der Waals surface area contributed by atoms with Crippen LogP contribution in [0.5, 0.6) is 0 Å². The summed E-state index contributed by atoms with van der Waals surface area (Å²) in [5.41, 5.74) is -0.763. The normalized spacial score (nSPS) is 19.8. The first-order chi connectivity index (χ1) is 9.40. The Kier molecular flexibility index (Phi) is 4.31. The molecule has 1 heterocycles. The average molecular weight is 303 g/mol. The van der Waals surface area contributed by atoms with E-state index in [9.17, 15) is 22.9 Å². The van der Waals surface area contributed by atoms with Gasteiger partial charge in [-0.25, -0.2) is 17.5 Å². The van der Waals surface area contributed by atoms with Crippen molar-refractivity contribution in [2.24, 2.45) is 0 Å².